The van der Waals surface area contributed by atoms with Gasteiger partial charge in [0.05, 0.1) is 0 Å². The van der Waals surface area contributed by atoms with E-state index in [0.29, 0.717) is 0 Å². The summed E-state index contributed by atoms with van der Waals surface area (Å²) < 4.78 is 0. The Balaban J connectivity index is 2.05. The molecule has 2 N–H and O–H groups in total. The summed E-state index contributed by atoms with van der Waals surface area (Å²) in [6, 6.07) is 6.36. The number of likely N-dealkylation sites (tertiary alicyclic amines) is 1. The lowest BCUT2D eigenvalue weighted by Crippen LogP contribution is -2.18. The smallest absolute Gasteiger partial charge is 0.0343 e. The summed E-state index contributed by atoms with van der Waals surface area (Å²) in [7, 11) is 0. The van der Waals surface area contributed by atoms with Crippen molar-refractivity contribution in [2.24, 2.45) is 0 Å². The first-order chi connectivity index (χ1) is 6.75. The molecule has 2 nitrogen and oxygen atoms in total. The molecule has 1 aliphatic heterocycles. The van der Waals surface area contributed by atoms with Crippen molar-refractivity contribution in [3.05, 3.63) is 29.3 Å². The van der Waals surface area contributed by atoms with Crippen LogP contribution in [0.4, 0.5) is 5.69 Å². The third kappa shape index (κ3) is 2.07. The van der Waals surface area contributed by atoms with Crippen LogP contribution in [0.2, 0.25) is 0 Å². The number of nitrogens with zero attached hydrogens (tertiary/aromatic N) is 1. The number of benzene rings is 1. The van der Waals surface area contributed by atoms with E-state index in [-0.39, 0.29) is 0 Å². The number of hydrogen-bond donors (Lipinski definition) is 1. The van der Waals surface area contributed by atoms with Gasteiger partial charge in [-0.25, -0.2) is 0 Å². The highest BCUT2D eigenvalue weighted by Gasteiger charge is 2.11. The second-order valence-corrected chi connectivity index (χ2v) is 4.17. The van der Waals surface area contributed by atoms with Gasteiger partial charge in [0.25, 0.3) is 0 Å². The lowest BCUT2D eigenvalue weighted by Gasteiger charge is -2.15. The molecule has 0 saturated carbocycles. The van der Waals surface area contributed by atoms with Crippen LogP contribution >= 0.6 is 0 Å². The Morgan fingerprint density at radius 3 is 2.64 bits per heavy atom. The van der Waals surface area contributed by atoms with Gasteiger partial charge < -0.3 is 5.73 Å². The molecule has 0 aromatic heterocycles. The largest absolute Gasteiger partial charge is 0.399 e. The van der Waals surface area contributed by atoms with Crippen LogP contribution in [0.5, 0.6) is 0 Å². The molecular formula is C12H18N2. The van der Waals surface area contributed by atoms with Crippen LogP contribution in [0.3, 0.4) is 0 Å². The number of nitrogen functional groups attached to an aromatic ring is 1. The zero-order valence-corrected chi connectivity index (χ0v) is 8.79. The van der Waals surface area contributed by atoms with Crippen LogP contribution in [0.25, 0.3) is 0 Å². The van der Waals surface area contributed by atoms with Crippen LogP contribution in [0, 0.1) is 6.92 Å². The van der Waals surface area contributed by atoms with E-state index >= 15 is 0 Å². The standard InChI is InChI=1S/C12H18N2/c1-10-8-11(4-5-12(10)13)9-14-6-2-3-7-14/h4-5,8H,2-3,6-7,9,13H2,1H3. The highest BCUT2D eigenvalue weighted by Crippen LogP contribution is 2.16. The molecule has 0 atom stereocenters. The van der Waals surface area contributed by atoms with Crippen LogP contribution in [-0.4, -0.2) is 18.0 Å². The van der Waals surface area contributed by atoms with Crippen molar-refractivity contribution in [1.82, 2.24) is 4.90 Å². The fraction of sp³-hybridized carbons (Fsp3) is 0.500. The minimum atomic E-state index is 0.898. The number of hydrogen-bond acceptors (Lipinski definition) is 2. The Hall–Kier alpha value is -1.02. The number of nitrogens with two attached hydrogens (primary N) is 1. The number of aryl methyl sites for hydroxylation is 1. The first kappa shape index (κ1) is 9.53. The van der Waals surface area contributed by atoms with Crippen molar-refractivity contribution in [1.29, 1.82) is 0 Å². The maximum absolute atomic E-state index is 5.78. The molecule has 0 spiro atoms. The zero-order chi connectivity index (χ0) is 9.97. The molecule has 1 heterocycles. The van der Waals surface area contributed by atoms with E-state index < -0.39 is 0 Å². The summed E-state index contributed by atoms with van der Waals surface area (Å²) in [4.78, 5) is 2.50. The van der Waals surface area contributed by atoms with Gasteiger partial charge in [0.1, 0.15) is 0 Å². The molecule has 1 fully saturated rings. The van der Waals surface area contributed by atoms with Gasteiger partial charge in [-0.3, -0.25) is 4.90 Å². The Bertz CT molecular complexity index is 314. The summed E-state index contributed by atoms with van der Waals surface area (Å²) in [6.07, 6.45) is 2.71. The van der Waals surface area contributed by atoms with E-state index in [2.05, 4.69) is 24.0 Å². The van der Waals surface area contributed by atoms with E-state index in [9.17, 15) is 0 Å². The Morgan fingerprint density at radius 1 is 1.29 bits per heavy atom. The van der Waals surface area contributed by atoms with Gasteiger partial charge in [-0.15, -0.1) is 0 Å². The van der Waals surface area contributed by atoms with Gasteiger partial charge in [0.15, 0.2) is 0 Å². The predicted molar refractivity (Wildman–Crippen MR) is 60.1 cm³/mol. The summed E-state index contributed by atoms with van der Waals surface area (Å²) in [6.45, 7) is 5.66. The van der Waals surface area contributed by atoms with Crippen LogP contribution in [-0.2, 0) is 6.54 Å². The lowest BCUT2D eigenvalue weighted by molar-refractivity contribution is 0.331. The fourth-order valence-electron chi connectivity index (χ4n) is 2.04. The minimum Gasteiger partial charge on any atom is -0.399 e. The van der Waals surface area contributed by atoms with Gasteiger partial charge in [-0.2, -0.15) is 0 Å². The lowest BCUT2D eigenvalue weighted by atomic mass is 10.1. The predicted octanol–water partition coefficient (Wildman–Crippen LogP) is 2.17. The van der Waals surface area contributed by atoms with Crippen molar-refractivity contribution in [3.63, 3.8) is 0 Å². The summed E-state index contributed by atoms with van der Waals surface area (Å²) in [5.41, 5.74) is 9.27. The summed E-state index contributed by atoms with van der Waals surface area (Å²) in [5, 5.41) is 0. The monoisotopic (exact) mass is 190 g/mol. The quantitative estimate of drug-likeness (QED) is 0.724. The number of rotatable bonds is 2. The average molecular weight is 190 g/mol. The highest BCUT2D eigenvalue weighted by molar-refractivity contribution is 5.47. The van der Waals surface area contributed by atoms with Crippen molar-refractivity contribution in [2.45, 2.75) is 26.3 Å². The molecule has 1 aromatic carbocycles. The highest BCUT2D eigenvalue weighted by atomic mass is 15.1. The topological polar surface area (TPSA) is 29.3 Å². The molecule has 2 rings (SSSR count). The van der Waals surface area contributed by atoms with Crippen LogP contribution in [0.15, 0.2) is 18.2 Å². The van der Waals surface area contributed by atoms with Gasteiger partial charge in [-0.05, 0) is 50.0 Å². The summed E-state index contributed by atoms with van der Waals surface area (Å²) >= 11 is 0. The van der Waals surface area contributed by atoms with Crippen molar-refractivity contribution < 1.29 is 0 Å². The van der Waals surface area contributed by atoms with Gasteiger partial charge in [-0.1, -0.05) is 12.1 Å². The molecule has 2 heteroatoms. The first-order valence-electron chi connectivity index (χ1n) is 5.33. The molecule has 0 bridgehead atoms. The Kier molecular flexibility index (Phi) is 2.73. The molecule has 0 aliphatic carbocycles. The van der Waals surface area contributed by atoms with Crippen molar-refractivity contribution in [2.75, 3.05) is 18.8 Å². The van der Waals surface area contributed by atoms with Crippen LogP contribution in [0.1, 0.15) is 24.0 Å². The van der Waals surface area contributed by atoms with Gasteiger partial charge in [0.2, 0.25) is 0 Å². The van der Waals surface area contributed by atoms with E-state index in [0.717, 1.165) is 12.2 Å². The normalized spacial score (nSPS) is 17.5. The van der Waals surface area contributed by atoms with Crippen molar-refractivity contribution in [3.8, 4) is 0 Å². The zero-order valence-electron chi connectivity index (χ0n) is 8.79. The third-order valence-electron chi connectivity index (χ3n) is 2.94. The molecule has 76 valence electrons. The second kappa shape index (κ2) is 4.01. The second-order valence-electron chi connectivity index (χ2n) is 4.17. The Morgan fingerprint density at radius 2 is 2.00 bits per heavy atom. The summed E-state index contributed by atoms with van der Waals surface area (Å²) in [5.74, 6) is 0. The first-order valence-corrected chi connectivity index (χ1v) is 5.33. The molecule has 1 aromatic rings. The molecule has 1 saturated heterocycles. The van der Waals surface area contributed by atoms with E-state index in [1.807, 2.05) is 6.07 Å². The molecule has 0 unspecified atom stereocenters. The molecule has 14 heavy (non-hydrogen) atoms. The SMILES string of the molecule is Cc1cc(CN2CCCC2)ccc1N. The molecular weight excluding hydrogens is 172 g/mol. The molecule has 0 amide bonds. The molecule has 0 radical (unpaired) electrons. The number of anilines is 1. The van der Waals surface area contributed by atoms with Crippen LogP contribution < -0.4 is 5.73 Å². The maximum Gasteiger partial charge on any atom is 0.0343 e. The average Bonchev–Trinajstić information content (AvgIpc) is 2.64. The van der Waals surface area contributed by atoms with Gasteiger partial charge >= 0.3 is 0 Å². The fourth-order valence-corrected chi connectivity index (χ4v) is 2.04. The van der Waals surface area contributed by atoms with E-state index in [1.165, 1.54) is 37.1 Å². The molecule has 1 aliphatic rings. The van der Waals surface area contributed by atoms with Gasteiger partial charge in [0, 0.05) is 12.2 Å². The third-order valence-corrected chi connectivity index (χ3v) is 2.94. The van der Waals surface area contributed by atoms with E-state index in [1.54, 1.807) is 0 Å². The minimum absolute atomic E-state index is 0.898. The van der Waals surface area contributed by atoms with Crippen molar-refractivity contribution >= 4 is 5.69 Å². The Labute approximate surface area is 85.7 Å². The van der Waals surface area contributed by atoms with E-state index in [4.69, 9.17) is 5.73 Å². The maximum atomic E-state index is 5.78.